The lowest BCUT2D eigenvalue weighted by atomic mass is 10.3. The number of carboxylic acids is 1. The fourth-order valence-electron chi connectivity index (χ4n) is 2.04. The quantitative estimate of drug-likeness (QED) is 0.269. The van der Waals surface area contributed by atoms with Gasteiger partial charge >= 0.3 is 12.3 Å². The number of nitrogens with one attached hydrogen (secondary N) is 3. The number of rotatable bonds is 9. The molecule has 1 aromatic carbocycles. The predicted octanol–water partition coefficient (Wildman–Crippen LogP) is 0.270. The molecule has 0 saturated carbocycles. The topological polar surface area (TPSA) is 199 Å². The highest BCUT2D eigenvalue weighted by Crippen LogP contribution is 2.33. The molecule has 0 saturated heterocycles. The summed E-state index contributed by atoms with van der Waals surface area (Å²) in [6.45, 7) is -0.450. The third kappa shape index (κ3) is 7.03. The van der Waals surface area contributed by atoms with Crippen molar-refractivity contribution in [2.45, 2.75) is 17.5 Å². The third-order valence-corrected chi connectivity index (χ3v) is 5.48. The van der Waals surface area contributed by atoms with E-state index in [0.717, 1.165) is 17.6 Å². The summed E-state index contributed by atoms with van der Waals surface area (Å²) in [6, 6.07) is 2.25. The molecular formula is C14H15F3N6O6S2. The van der Waals surface area contributed by atoms with Gasteiger partial charge in [0, 0.05) is 6.07 Å². The SMILES string of the molecule is NC(N)NCC(=O)Nc1ccc(S(=O)(=O)Nc2scnc2C(=O)O)cc1OC(F)(F)F. The van der Waals surface area contributed by atoms with Crippen molar-refractivity contribution >= 4 is 43.9 Å². The summed E-state index contributed by atoms with van der Waals surface area (Å²) in [6.07, 6.45) is -6.26. The standard InChI is InChI=1S/C14H15F3N6O6S2/c15-14(16,17)29-8-3-6(1-2-7(8)22-9(24)4-20-13(18)19)31(27,28)23-11-10(12(25)26)21-5-30-11/h1-3,5,13,20,23H,4,18-19H2,(H,22,24)(H,25,26). The number of carbonyl (C=O) groups excluding carboxylic acids is 1. The van der Waals surface area contributed by atoms with E-state index in [1.165, 1.54) is 0 Å². The average molecular weight is 484 g/mol. The van der Waals surface area contributed by atoms with Gasteiger partial charge in [0.15, 0.2) is 11.4 Å². The summed E-state index contributed by atoms with van der Waals surface area (Å²) in [5.41, 5.74) is 10.4. The van der Waals surface area contributed by atoms with Crippen LogP contribution in [0.25, 0.3) is 0 Å². The van der Waals surface area contributed by atoms with Crippen molar-refractivity contribution in [3.8, 4) is 5.75 Å². The molecule has 0 radical (unpaired) electrons. The van der Waals surface area contributed by atoms with E-state index in [2.05, 4.69) is 20.4 Å². The zero-order chi connectivity index (χ0) is 23.4. The second-order valence-corrected chi connectivity index (χ2v) is 8.14. The Kier molecular flexibility index (Phi) is 7.39. The zero-order valence-corrected chi connectivity index (χ0v) is 16.8. The average Bonchev–Trinajstić information content (AvgIpc) is 3.07. The lowest BCUT2D eigenvalue weighted by Gasteiger charge is -2.16. The largest absolute Gasteiger partial charge is 0.573 e. The molecule has 1 amide bonds. The van der Waals surface area contributed by atoms with E-state index in [1.54, 1.807) is 0 Å². The van der Waals surface area contributed by atoms with Gasteiger partial charge in [-0.1, -0.05) is 0 Å². The summed E-state index contributed by atoms with van der Waals surface area (Å²) in [4.78, 5) is 25.7. The molecule has 2 rings (SSSR count). The van der Waals surface area contributed by atoms with Gasteiger partial charge in [0.1, 0.15) is 11.3 Å². The first-order valence-electron chi connectivity index (χ1n) is 7.92. The highest BCUT2D eigenvalue weighted by atomic mass is 32.2. The number of aromatic nitrogens is 1. The zero-order valence-electron chi connectivity index (χ0n) is 15.1. The summed E-state index contributed by atoms with van der Waals surface area (Å²) in [7, 11) is -4.53. The van der Waals surface area contributed by atoms with Crippen LogP contribution in [0.3, 0.4) is 0 Å². The summed E-state index contributed by atoms with van der Waals surface area (Å²) >= 11 is 0.655. The van der Waals surface area contributed by atoms with Crippen LogP contribution in [0.1, 0.15) is 10.5 Å². The van der Waals surface area contributed by atoms with Crippen LogP contribution < -0.4 is 31.6 Å². The molecule has 170 valence electrons. The van der Waals surface area contributed by atoms with Crippen molar-refractivity contribution in [1.82, 2.24) is 10.3 Å². The fraction of sp³-hybridized carbons (Fsp3) is 0.214. The third-order valence-electron chi connectivity index (χ3n) is 3.26. The molecule has 12 nitrogen and oxygen atoms in total. The second kappa shape index (κ2) is 9.43. The molecule has 0 fully saturated rings. The molecule has 17 heteroatoms. The molecule has 0 aliphatic heterocycles. The highest BCUT2D eigenvalue weighted by molar-refractivity contribution is 7.93. The number of thiazole rings is 1. The molecule has 0 unspecified atom stereocenters. The summed E-state index contributed by atoms with van der Waals surface area (Å²) in [5.74, 6) is -3.37. The van der Waals surface area contributed by atoms with Crippen LogP contribution in [0.4, 0.5) is 23.9 Å². The number of anilines is 2. The highest BCUT2D eigenvalue weighted by Gasteiger charge is 2.33. The van der Waals surface area contributed by atoms with Gasteiger partial charge < -0.3 is 26.6 Å². The Labute approximate surface area is 176 Å². The molecule has 1 aromatic heterocycles. The Morgan fingerprint density at radius 3 is 2.55 bits per heavy atom. The molecule has 1 heterocycles. The number of carbonyl (C=O) groups is 2. The molecule has 0 spiro atoms. The van der Waals surface area contributed by atoms with E-state index in [9.17, 15) is 31.2 Å². The molecule has 0 atom stereocenters. The van der Waals surface area contributed by atoms with Crippen LogP contribution in [-0.4, -0.2) is 49.6 Å². The van der Waals surface area contributed by atoms with Gasteiger partial charge in [-0.05, 0) is 12.1 Å². The van der Waals surface area contributed by atoms with Crippen LogP contribution in [-0.2, 0) is 14.8 Å². The molecular weight excluding hydrogens is 469 g/mol. The van der Waals surface area contributed by atoms with E-state index < -0.39 is 63.1 Å². The number of sulfonamides is 1. The maximum atomic E-state index is 12.8. The Balaban J connectivity index is 2.35. The van der Waals surface area contributed by atoms with Gasteiger partial charge in [-0.25, -0.2) is 18.2 Å². The Morgan fingerprint density at radius 1 is 1.29 bits per heavy atom. The van der Waals surface area contributed by atoms with Crippen LogP contribution in [0.15, 0.2) is 28.6 Å². The Morgan fingerprint density at radius 2 is 1.97 bits per heavy atom. The van der Waals surface area contributed by atoms with E-state index in [-0.39, 0.29) is 5.00 Å². The van der Waals surface area contributed by atoms with E-state index >= 15 is 0 Å². The number of nitrogens with two attached hydrogens (primary N) is 2. The van der Waals surface area contributed by atoms with Crippen LogP contribution in [0.2, 0.25) is 0 Å². The normalized spacial score (nSPS) is 11.9. The lowest BCUT2D eigenvalue weighted by molar-refractivity contribution is -0.274. The first-order valence-corrected chi connectivity index (χ1v) is 10.3. The van der Waals surface area contributed by atoms with Gasteiger partial charge in [-0.2, -0.15) is 0 Å². The number of aromatic carboxylic acids is 1. The number of alkyl halides is 3. The second-order valence-electron chi connectivity index (χ2n) is 5.60. The van der Waals surface area contributed by atoms with Crippen LogP contribution in [0, 0.1) is 0 Å². The van der Waals surface area contributed by atoms with Crippen molar-refractivity contribution in [1.29, 1.82) is 0 Å². The lowest BCUT2D eigenvalue weighted by Crippen LogP contribution is -2.48. The van der Waals surface area contributed by atoms with E-state index in [4.69, 9.17) is 16.6 Å². The van der Waals surface area contributed by atoms with Crippen LogP contribution in [0.5, 0.6) is 5.75 Å². The smallest absolute Gasteiger partial charge is 0.476 e. The van der Waals surface area contributed by atoms with Crippen molar-refractivity contribution < 1.29 is 41.0 Å². The number of amides is 1. The van der Waals surface area contributed by atoms with E-state index in [0.29, 0.717) is 17.4 Å². The molecule has 0 aliphatic carbocycles. The fourth-order valence-corrected chi connectivity index (χ4v) is 4.04. The maximum absolute atomic E-state index is 12.8. The minimum Gasteiger partial charge on any atom is -0.476 e. The van der Waals surface area contributed by atoms with Crippen molar-refractivity contribution in [2.75, 3.05) is 16.6 Å². The first kappa shape index (κ1) is 24.3. The molecule has 0 aliphatic rings. The maximum Gasteiger partial charge on any atom is 0.573 e. The van der Waals surface area contributed by atoms with Gasteiger partial charge in [-0.3, -0.25) is 14.8 Å². The van der Waals surface area contributed by atoms with Gasteiger partial charge in [0.2, 0.25) is 5.91 Å². The number of benzene rings is 1. The first-order chi connectivity index (χ1) is 14.3. The van der Waals surface area contributed by atoms with Crippen molar-refractivity contribution in [2.24, 2.45) is 11.5 Å². The van der Waals surface area contributed by atoms with Gasteiger partial charge in [0.05, 0.1) is 22.6 Å². The number of hydrogen-bond acceptors (Lipinski definition) is 10. The van der Waals surface area contributed by atoms with Gasteiger partial charge in [-0.15, -0.1) is 24.5 Å². The molecule has 31 heavy (non-hydrogen) atoms. The Bertz CT molecular complexity index is 1070. The number of hydrogen-bond donors (Lipinski definition) is 6. The molecule has 8 N–H and O–H groups in total. The van der Waals surface area contributed by atoms with Crippen molar-refractivity contribution in [3.05, 3.63) is 29.4 Å². The van der Waals surface area contributed by atoms with E-state index in [1.807, 2.05) is 4.72 Å². The molecule has 0 bridgehead atoms. The Hall–Kier alpha value is -2.99. The monoisotopic (exact) mass is 484 g/mol. The minimum absolute atomic E-state index is 0.354. The summed E-state index contributed by atoms with van der Waals surface area (Å²) in [5, 5.41) is 13.1. The van der Waals surface area contributed by atoms with Crippen molar-refractivity contribution in [3.63, 3.8) is 0 Å². The number of halogens is 3. The van der Waals surface area contributed by atoms with Crippen LogP contribution >= 0.6 is 11.3 Å². The number of nitrogens with zero attached hydrogens (tertiary/aromatic N) is 1. The molecule has 2 aromatic rings. The predicted molar refractivity (Wildman–Crippen MR) is 102 cm³/mol. The number of ether oxygens (including phenoxy) is 1. The summed E-state index contributed by atoms with van der Waals surface area (Å²) < 4.78 is 69.1. The van der Waals surface area contributed by atoms with Gasteiger partial charge in [0.25, 0.3) is 10.0 Å². The number of carboxylic acid groups (broad SMARTS) is 1. The minimum atomic E-state index is -5.21.